The molecule has 1 amide bonds. The van der Waals surface area contributed by atoms with Crippen LogP contribution in [0.1, 0.15) is 15.9 Å². The van der Waals surface area contributed by atoms with Crippen LogP contribution in [-0.2, 0) is 4.79 Å². The Morgan fingerprint density at radius 3 is 2.65 bits per heavy atom. The lowest BCUT2D eigenvalue weighted by molar-refractivity contribution is -0.112. The van der Waals surface area contributed by atoms with Gasteiger partial charge in [-0.15, -0.1) is 0 Å². The summed E-state index contributed by atoms with van der Waals surface area (Å²) in [6, 6.07) is 15.3. The number of anilines is 1. The van der Waals surface area contributed by atoms with Gasteiger partial charge in [0.05, 0.1) is 11.3 Å². The number of hydrogen-bond donors (Lipinski definition) is 2. The Morgan fingerprint density at radius 1 is 1.15 bits per heavy atom. The van der Waals surface area contributed by atoms with E-state index in [-0.39, 0.29) is 23.4 Å². The first-order valence-corrected chi connectivity index (χ1v) is 7.76. The standard InChI is InChI=1S/C20H14N2O4/c21-11-15(10-13-9-14-5-1-4-8-18(14)26-12-13)19(23)22-17-7-3-2-6-16(17)20(24)25/h1-10H,12H2,(H,22,23)(H,24,25)/b15-10+. The van der Waals surface area contributed by atoms with Crippen molar-refractivity contribution < 1.29 is 19.4 Å². The van der Waals surface area contributed by atoms with E-state index in [2.05, 4.69) is 5.32 Å². The SMILES string of the molecule is N#C/C(=C\C1=Cc2ccccc2OC1)C(=O)Nc1ccccc1C(=O)O. The Kier molecular flexibility index (Phi) is 4.81. The number of carboxylic acid groups (broad SMARTS) is 1. The van der Waals surface area contributed by atoms with E-state index >= 15 is 0 Å². The van der Waals surface area contributed by atoms with E-state index in [0.717, 1.165) is 11.3 Å². The van der Waals surface area contributed by atoms with Crippen molar-refractivity contribution in [3.63, 3.8) is 0 Å². The van der Waals surface area contributed by atoms with Gasteiger partial charge in [0, 0.05) is 5.56 Å². The molecule has 0 radical (unpaired) electrons. The summed E-state index contributed by atoms with van der Waals surface area (Å²) in [6.07, 6.45) is 3.28. The lowest BCUT2D eigenvalue weighted by atomic mass is 10.0. The van der Waals surface area contributed by atoms with Crippen molar-refractivity contribution in [1.82, 2.24) is 0 Å². The molecule has 6 nitrogen and oxygen atoms in total. The molecule has 2 aromatic carbocycles. The third-order valence-corrected chi connectivity index (χ3v) is 3.75. The molecule has 3 rings (SSSR count). The van der Waals surface area contributed by atoms with Crippen molar-refractivity contribution >= 4 is 23.6 Å². The Hall–Kier alpha value is -3.85. The van der Waals surface area contributed by atoms with Crippen molar-refractivity contribution in [2.75, 3.05) is 11.9 Å². The molecule has 0 saturated heterocycles. The Balaban J connectivity index is 1.85. The van der Waals surface area contributed by atoms with Gasteiger partial charge in [0.15, 0.2) is 0 Å². The molecule has 1 aliphatic rings. The molecular formula is C20H14N2O4. The Bertz CT molecular complexity index is 983. The summed E-state index contributed by atoms with van der Waals surface area (Å²) < 4.78 is 5.60. The number of nitrogens with zero attached hydrogens (tertiary/aromatic N) is 1. The van der Waals surface area contributed by atoms with Crippen molar-refractivity contribution in [3.8, 4) is 11.8 Å². The summed E-state index contributed by atoms with van der Waals surface area (Å²) in [7, 11) is 0. The number of amides is 1. The summed E-state index contributed by atoms with van der Waals surface area (Å²) >= 11 is 0. The minimum absolute atomic E-state index is 0.0488. The van der Waals surface area contributed by atoms with Crippen LogP contribution in [0.5, 0.6) is 5.75 Å². The molecule has 0 bridgehead atoms. The summed E-state index contributed by atoms with van der Waals surface area (Å²) in [5.41, 5.74) is 1.47. The van der Waals surface area contributed by atoms with Crippen LogP contribution < -0.4 is 10.1 Å². The summed E-state index contributed by atoms with van der Waals surface area (Å²) in [4.78, 5) is 23.6. The number of para-hydroxylation sites is 2. The van der Waals surface area contributed by atoms with Crippen molar-refractivity contribution in [1.29, 1.82) is 5.26 Å². The normalized spacial score (nSPS) is 12.9. The van der Waals surface area contributed by atoms with Crippen LogP contribution in [-0.4, -0.2) is 23.6 Å². The second-order valence-electron chi connectivity index (χ2n) is 5.52. The van der Waals surface area contributed by atoms with E-state index in [4.69, 9.17) is 4.74 Å². The number of fused-ring (bicyclic) bond motifs is 1. The summed E-state index contributed by atoms with van der Waals surface area (Å²) in [5, 5.41) is 21.0. The van der Waals surface area contributed by atoms with Crippen molar-refractivity contribution in [3.05, 3.63) is 76.9 Å². The third-order valence-electron chi connectivity index (χ3n) is 3.75. The quantitative estimate of drug-likeness (QED) is 0.654. The van der Waals surface area contributed by atoms with E-state index < -0.39 is 11.9 Å². The zero-order valence-electron chi connectivity index (χ0n) is 13.6. The van der Waals surface area contributed by atoms with Crippen LogP contribution in [0, 0.1) is 11.3 Å². The molecule has 0 fully saturated rings. The lowest BCUT2D eigenvalue weighted by Gasteiger charge is -2.16. The minimum atomic E-state index is -1.16. The molecule has 6 heteroatoms. The molecule has 2 N–H and O–H groups in total. The zero-order valence-corrected chi connectivity index (χ0v) is 13.6. The zero-order chi connectivity index (χ0) is 18.5. The molecule has 0 aromatic heterocycles. The largest absolute Gasteiger partial charge is 0.488 e. The van der Waals surface area contributed by atoms with Gasteiger partial charge in [0.1, 0.15) is 24.0 Å². The lowest BCUT2D eigenvalue weighted by Crippen LogP contribution is -2.17. The first-order valence-electron chi connectivity index (χ1n) is 7.76. The maximum atomic E-state index is 12.4. The maximum Gasteiger partial charge on any atom is 0.337 e. The van der Waals surface area contributed by atoms with Crippen LogP contribution in [0.25, 0.3) is 6.08 Å². The van der Waals surface area contributed by atoms with Crippen LogP contribution in [0.2, 0.25) is 0 Å². The fourth-order valence-electron chi connectivity index (χ4n) is 2.52. The number of ether oxygens (including phenoxy) is 1. The van der Waals surface area contributed by atoms with Crippen molar-refractivity contribution in [2.45, 2.75) is 0 Å². The molecule has 0 atom stereocenters. The van der Waals surface area contributed by atoms with Gasteiger partial charge in [0.2, 0.25) is 0 Å². The molecule has 0 spiro atoms. The van der Waals surface area contributed by atoms with Gasteiger partial charge in [-0.2, -0.15) is 5.26 Å². The highest BCUT2D eigenvalue weighted by Crippen LogP contribution is 2.26. The molecular weight excluding hydrogens is 332 g/mol. The molecule has 0 aliphatic carbocycles. The highest BCUT2D eigenvalue weighted by molar-refractivity contribution is 6.09. The number of aromatic carboxylic acids is 1. The second kappa shape index (κ2) is 7.36. The number of hydrogen-bond acceptors (Lipinski definition) is 4. The van der Waals surface area contributed by atoms with Crippen LogP contribution in [0.3, 0.4) is 0 Å². The molecule has 0 unspecified atom stereocenters. The monoisotopic (exact) mass is 346 g/mol. The van der Waals surface area contributed by atoms with Crippen LogP contribution in [0.15, 0.2) is 65.8 Å². The van der Waals surface area contributed by atoms with E-state index in [1.54, 1.807) is 12.1 Å². The molecule has 26 heavy (non-hydrogen) atoms. The first-order chi connectivity index (χ1) is 12.6. The Morgan fingerprint density at radius 2 is 1.88 bits per heavy atom. The summed E-state index contributed by atoms with van der Waals surface area (Å²) in [6.45, 7) is 0.237. The van der Waals surface area contributed by atoms with Gasteiger partial charge >= 0.3 is 5.97 Å². The number of benzene rings is 2. The van der Waals surface area contributed by atoms with Gasteiger partial charge in [-0.05, 0) is 35.9 Å². The average Bonchev–Trinajstić information content (AvgIpc) is 2.66. The number of carbonyl (C=O) groups excluding carboxylic acids is 1. The van der Waals surface area contributed by atoms with Gasteiger partial charge in [-0.3, -0.25) is 4.79 Å². The second-order valence-corrected chi connectivity index (χ2v) is 5.52. The molecule has 0 saturated carbocycles. The predicted octanol–water partition coefficient (Wildman–Crippen LogP) is 3.25. The summed E-state index contributed by atoms with van der Waals surface area (Å²) in [5.74, 6) is -1.10. The molecule has 1 aliphatic heterocycles. The van der Waals surface area contributed by atoms with E-state index in [0.29, 0.717) is 5.57 Å². The first kappa shape index (κ1) is 17.0. The maximum absolute atomic E-state index is 12.4. The van der Waals surface area contributed by atoms with Gasteiger partial charge in [0.25, 0.3) is 5.91 Å². The molecule has 1 heterocycles. The topological polar surface area (TPSA) is 99.4 Å². The van der Waals surface area contributed by atoms with Gasteiger partial charge < -0.3 is 15.2 Å². The van der Waals surface area contributed by atoms with Crippen LogP contribution in [0.4, 0.5) is 5.69 Å². The fourth-order valence-corrected chi connectivity index (χ4v) is 2.52. The number of carboxylic acids is 1. The highest BCUT2D eigenvalue weighted by Gasteiger charge is 2.16. The Labute approximate surface area is 149 Å². The fraction of sp³-hybridized carbons (Fsp3) is 0.0500. The minimum Gasteiger partial charge on any atom is -0.488 e. The smallest absolute Gasteiger partial charge is 0.337 e. The highest BCUT2D eigenvalue weighted by atomic mass is 16.5. The van der Waals surface area contributed by atoms with E-state index in [9.17, 15) is 20.0 Å². The number of nitrogens with one attached hydrogen (secondary N) is 1. The molecule has 2 aromatic rings. The van der Waals surface area contributed by atoms with Crippen molar-refractivity contribution in [2.24, 2.45) is 0 Å². The average molecular weight is 346 g/mol. The van der Waals surface area contributed by atoms with Crippen LogP contribution >= 0.6 is 0 Å². The number of nitriles is 1. The predicted molar refractivity (Wildman–Crippen MR) is 95.6 cm³/mol. The number of rotatable bonds is 4. The van der Waals surface area contributed by atoms with Gasteiger partial charge in [-0.1, -0.05) is 30.3 Å². The van der Waals surface area contributed by atoms with Gasteiger partial charge in [-0.25, -0.2) is 4.79 Å². The third kappa shape index (κ3) is 3.62. The van der Waals surface area contributed by atoms with E-state index in [1.165, 1.54) is 18.2 Å². The van der Waals surface area contributed by atoms with E-state index in [1.807, 2.05) is 36.4 Å². The number of carbonyl (C=O) groups is 2. The molecule has 128 valence electrons.